The fourth-order valence-electron chi connectivity index (χ4n) is 3.07. The largest absolute Gasteiger partial charge is 0.352 e. The number of hydrogen-bond acceptors (Lipinski definition) is 5. The van der Waals surface area contributed by atoms with Gasteiger partial charge in [-0.05, 0) is 18.8 Å². The molecule has 1 amide bonds. The number of hydrogen-bond donors (Lipinski definition) is 2. The van der Waals surface area contributed by atoms with Crippen molar-refractivity contribution in [1.82, 2.24) is 20.2 Å². The highest BCUT2D eigenvalue weighted by Crippen LogP contribution is 2.24. The van der Waals surface area contributed by atoms with Gasteiger partial charge in [0.2, 0.25) is 11.1 Å². The van der Waals surface area contributed by atoms with E-state index >= 15 is 0 Å². The molecule has 128 valence electrons. The lowest BCUT2D eigenvalue weighted by molar-refractivity contribution is -0.119. The number of aromatic nitrogens is 3. The molecule has 1 aliphatic rings. The molecule has 6 nitrogen and oxygen atoms in total. The van der Waals surface area contributed by atoms with Crippen molar-refractivity contribution in [1.29, 1.82) is 0 Å². The average Bonchev–Trinajstić information content (AvgIpc) is 2.97. The van der Waals surface area contributed by atoms with Crippen molar-refractivity contribution in [3.63, 3.8) is 0 Å². The maximum Gasteiger partial charge on any atom is 0.230 e. The van der Waals surface area contributed by atoms with Crippen molar-refractivity contribution in [2.75, 3.05) is 11.6 Å². The first-order valence-electron chi connectivity index (χ1n) is 8.33. The molecule has 3 N–H and O–H groups in total. The van der Waals surface area contributed by atoms with Crippen LogP contribution in [0, 0.1) is 5.92 Å². The molecule has 0 aliphatic heterocycles. The topological polar surface area (TPSA) is 85.8 Å². The minimum absolute atomic E-state index is 0.0306. The average molecular weight is 345 g/mol. The van der Waals surface area contributed by atoms with Gasteiger partial charge in [-0.15, -0.1) is 10.2 Å². The summed E-state index contributed by atoms with van der Waals surface area (Å²) >= 11 is 1.31. The Balaban J connectivity index is 1.57. The van der Waals surface area contributed by atoms with Gasteiger partial charge in [-0.2, -0.15) is 0 Å². The maximum atomic E-state index is 12.2. The number of thioether (sulfide) groups is 1. The van der Waals surface area contributed by atoms with E-state index in [-0.39, 0.29) is 5.91 Å². The summed E-state index contributed by atoms with van der Waals surface area (Å²) in [4.78, 5) is 12.2. The van der Waals surface area contributed by atoms with Crippen LogP contribution in [0.25, 0.3) is 11.4 Å². The molecule has 0 radical (unpaired) electrons. The van der Waals surface area contributed by atoms with Gasteiger partial charge in [0.25, 0.3) is 0 Å². The van der Waals surface area contributed by atoms with E-state index in [0.29, 0.717) is 28.7 Å². The Hall–Kier alpha value is -2.02. The molecule has 1 saturated carbocycles. The molecule has 0 unspecified atom stereocenters. The van der Waals surface area contributed by atoms with Gasteiger partial charge >= 0.3 is 0 Å². The smallest absolute Gasteiger partial charge is 0.230 e. The van der Waals surface area contributed by atoms with Gasteiger partial charge in [-0.1, -0.05) is 61.9 Å². The van der Waals surface area contributed by atoms with Crippen LogP contribution in [0.1, 0.15) is 32.6 Å². The van der Waals surface area contributed by atoms with E-state index in [9.17, 15) is 4.79 Å². The van der Waals surface area contributed by atoms with Crippen LogP contribution < -0.4 is 11.2 Å². The van der Waals surface area contributed by atoms with Gasteiger partial charge in [-0.25, -0.2) is 4.68 Å². The number of carbonyl (C=O) groups is 1. The Labute approximate surface area is 146 Å². The summed E-state index contributed by atoms with van der Waals surface area (Å²) in [6, 6.07) is 9.94. The standard InChI is InChI=1S/C17H23N5OS/c1-12-7-5-6-10-14(12)19-15(23)11-24-17-21-20-16(22(17)18)13-8-3-2-4-9-13/h2-4,8-9,12,14H,5-7,10-11,18H2,1H3,(H,19,23)/t12-,14-/m0/s1. The van der Waals surface area contributed by atoms with Crippen molar-refractivity contribution < 1.29 is 4.79 Å². The first kappa shape index (κ1) is 16.8. The molecule has 3 rings (SSSR count). The molecule has 2 atom stereocenters. The summed E-state index contributed by atoms with van der Waals surface area (Å²) in [5.74, 6) is 7.54. The highest BCUT2D eigenvalue weighted by molar-refractivity contribution is 7.99. The molecular formula is C17H23N5OS. The van der Waals surface area contributed by atoms with E-state index < -0.39 is 0 Å². The Bertz CT molecular complexity index is 688. The zero-order valence-corrected chi connectivity index (χ0v) is 14.6. The van der Waals surface area contributed by atoms with Crippen LogP contribution in [0.15, 0.2) is 35.5 Å². The SMILES string of the molecule is C[C@H]1CCCC[C@@H]1NC(=O)CSc1nnc(-c2ccccc2)n1N. The minimum Gasteiger partial charge on any atom is -0.352 e. The minimum atomic E-state index is 0.0306. The number of nitrogens with two attached hydrogens (primary N) is 1. The molecule has 2 aromatic rings. The van der Waals surface area contributed by atoms with Gasteiger partial charge in [0, 0.05) is 11.6 Å². The van der Waals surface area contributed by atoms with Crippen LogP contribution in [-0.2, 0) is 4.79 Å². The Kier molecular flexibility index (Phi) is 5.40. The molecular weight excluding hydrogens is 322 g/mol. The molecule has 0 spiro atoms. The highest BCUT2D eigenvalue weighted by Gasteiger charge is 2.23. The number of benzene rings is 1. The molecule has 0 bridgehead atoms. The van der Waals surface area contributed by atoms with Crippen molar-refractivity contribution in [3.8, 4) is 11.4 Å². The highest BCUT2D eigenvalue weighted by atomic mass is 32.2. The molecule has 1 aromatic carbocycles. The van der Waals surface area contributed by atoms with E-state index in [4.69, 9.17) is 5.84 Å². The van der Waals surface area contributed by atoms with Gasteiger partial charge < -0.3 is 11.2 Å². The Morgan fingerprint density at radius 2 is 2.04 bits per heavy atom. The fraction of sp³-hybridized carbons (Fsp3) is 0.471. The van der Waals surface area contributed by atoms with Crippen LogP contribution in [0.3, 0.4) is 0 Å². The summed E-state index contributed by atoms with van der Waals surface area (Å²) < 4.78 is 1.44. The van der Waals surface area contributed by atoms with Crippen LogP contribution in [0.4, 0.5) is 0 Å². The Morgan fingerprint density at radius 3 is 2.79 bits per heavy atom. The Morgan fingerprint density at radius 1 is 1.29 bits per heavy atom. The van der Waals surface area contributed by atoms with E-state index in [1.807, 2.05) is 30.3 Å². The molecule has 1 aromatic heterocycles. The molecule has 1 heterocycles. The molecule has 1 aliphatic carbocycles. The predicted molar refractivity (Wildman–Crippen MR) is 95.9 cm³/mol. The summed E-state index contributed by atoms with van der Waals surface area (Å²) in [6.07, 6.45) is 4.72. The van der Waals surface area contributed by atoms with E-state index in [2.05, 4.69) is 22.4 Å². The lowest BCUT2D eigenvalue weighted by Crippen LogP contribution is -2.41. The van der Waals surface area contributed by atoms with Crippen molar-refractivity contribution in [2.45, 2.75) is 43.8 Å². The van der Waals surface area contributed by atoms with Gasteiger partial charge in [0.15, 0.2) is 5.82 Å². The molecule has 7 heteroatoms. The van der Waals surface area contributed by atoms with E-state index in [1.54, 1.807) is 0 Å². The quantitative estimate of drug-likeness (QED) is 0.642. The second-order valence-electron chi connectivity index (χ2n) is 6.27. The molecule has 0 saturated heterocycles. The zero-order valence-electron chi connectivity index (χ0n) is 13.8. The predicted octanol–water partition coefficient (Wildman–Crippen LogP) is 2.45. The lowest BCUT2D eigenvalue weighted by Gasteiger charge is -2.29. The number of nitrogens with zero attached hydrogens (tertiary/aromatic N) is 3. The summed E-state index contributed by atoms with van der Waals surface area (Å²) in [5.41, 5.74) is 0.903. The third-order valence-corrected chi connectivity index (χ3v) is 5.43. The number of amides is 1. The van der Waals surface area contributed by atoms with Crippen LogP contribution >= 0.6 is 11.8 Å². The van der Waals surface area contributed by atoms with Gasteiger partial charge in [-0.3, -0.25) is 4.79 Å². The van der Waals surface area contributed by atoms with Crippen molar-refractivity contribution in [2.24, 2.45) is 5.92 Å². The van der Waals surface area contributed by atoms with E-state index in [1.165, 1.54) is 35.7 Å². The second kappa shape index (κ2) is 7.70. The first-order chi connectivity index (χ1) is 11.6. The summed E-state index contributed by atoms with van der Waals surface area (Å²) in [6.45, 7) is 2.21. The van der Waals surface area contributed by atoms with Gasteiger partial charge in [0.1, 0.15) is 0 Å². The lowest BCUT2D eigenvalue weighted by atomic mass is 9.86. The zero-order chi connectivity index (χ0) is 16.9. The van der Waals surface area contributed by atoms with E-state index in [0.717, 1.165) is 12.0 Å². The summed E-state index contributed by atoms with van der Waals surface area (Å²) in [7, 11) is 0. The van der Waals surface area contributed by atoms with Crippen LogP contribution in [-0.4, -0.2) is 32.6 Å². The molecule has 1 fully saturated rings. The number of nitrogens with one attached hydrogen (secondary N) is 1. The monoisotopic (exact) mass is 345 g/mol. The van der Waals surface area contributed by atoms with Gasteiger partial charge in [0.05, 0.1) is 5.75 Å². The van der Waals surface area contributed by atoms with Crippen LogP contribution in [0.2, 0.25) is 0 Å². The maximum absolute atomic E-state index is 12.2. The van der Waals surface area contributed by atoms with Crippen molar-refractivity contribution >= 4 is 17.7 Å². The second-order valence-corrected chi connectivity index (χ2v) is 7.21. The summed E-state index contributed by atoms with van der Waals surface area (Å²) in [5, 5.41) is 11.9. The number of carbonyl (C=O) groups excluding carboxylic acids is 1. The third kappa shape index (κ3) is 3.90. The first-order valence-corrected chi connectivity index (χ1v) is 9.32. The normalized spacial score (nSPS) is 20.7. The van der Waals surface area contributed by atoms with Crippen LogP contribution in [0.5, 0.6) is 0 Å². The fourth-order valence-corrected chi connectivity index (χ4v) is 3.74. The number of nitrogen functional groups attached to an aromatic ring is 1. The molecule has 24 heavy (non-hydrogen) atoms. The third-order valence-electron chi connectivity index (χ3n) is 4.49. The van der Waals surface area contributed by atoms with Crippen molar-refractivity contribution in [3.05, 3.63) is 30.3 Å². The number of rotatable bonds is 5.